The van der Waals surface area contributed by atoms with Crippen molar-refractivity contribution in [3.8, 4) is 0 Å². The number of hydrogen-bond acceptors (Lipinski definition) is 5. The highest BCUT2D eigenvalue weighted by molar-refractivity contribution is 6.28. The van der Waals surface area contributed by atoms with Gasteiger partial charge >= 0.3 is 0 Å². The fourth-order valence-electron chi connectivity index (χ4n) is 2.19. The summed E-state index contributed by atoms with van der Waals surface area (Å²) in [6.07, 6.45) is 1.93. The predicted molar refractivity (Wildman–Crippen MR) is 68.0 cm³/mol. The van der Waals surface area contributed by atoms with Crippen LogP contribution in [-0.4, -0.2) is 33.2 Å². The van der Waals surface area contributed by atoms with Crippen LogP contribution in [0.5, 0.6) is 0 Å². The molecule has 1 aromatic heterocycles. The van der Waals surface area contributed by atoms with Crippen molar-refractivity contribution < 1.29 is 10.0 Å². The molecule has 2 heterocycles. The molecule has 1 atom stereocenters. The van der Waals surface area contributed by atoms with Crippen LogP contribution in [0.15, 0.2) is 6.20 Å². The maximum absolute atomic E-state index is 12.1. The number of hydroxylamine groups is 1. The Morgan fingerprint density at radius 3 is 2.78 bits per heavy atom. The molecule has 0 radical (unpaired) electrons. The van der Waals surface area contributed by atoms with E-state index >= 15 is 0 Å². The van der Waals surface area contributed by atoms with Crippen LogP contribution in [0.25, 0.3) is 0 Å². The number of nitrogens with zero attached hydrogens (tertiary/aromatic N) is 4. The summed E-state index contributed by atoms with van der Waals surface area (Å²) in [7, 11) is 0. The van der Waals surface area contributed by atoms with Crippen LogP contribution in [0.4, 0.5) is 11.5 Å². The summed E-state index contributed by atoms with van der Waals surface area (Å²) in [6.45, 7) is 5.81. The predicted octanol–water partition coefficient (Wildman–Crippen LogP) is 1.86. The van der Waals surface area contributed by atoms with E-state index in [0.29, 0.717) is 17.3 Å². The van der Waals surface area contributed by atoms with E-state index in [1.807, 2.05) is 25.7 Å². The Bertz CT molecular complexity index is 480. The molecular formula is C11H15ClN4O2. The second kappa shape index (κ2) is 4.70. The minimum absolute atomic E-state index is 0.0670. The molecule has 1 N–H and O–H groups in total. The van der Waals surface area contributed by atoms with Crippen LogP contribution in [0.2, 0.25) is 5.28 Å². The number of halogens is 1. The molecule has 1 amide bonds. The zero-order valence-corrected chi connectivity index (χ0v) is 11.2. The standard InChI is InChI=1S/C11H15ClN4O2/c1-4-7-10(17)16(18)8-5-13-11(12)14-9(8)15(7)6(2)3/h5-7,18H,4H2,1-3H3/t7-/m1/s1. The van der Waals surface area contributed by atoms with Crippen molar-refractivity contribution in [2.24, 2.45) is 0 Å². The second-order valence-corrected chi connectivity index (χ2v) is 4.76. The molecule has 7 heteroatoms. The van der Waals surface area contributed by atoms with Crippen LogP contribution in [0.3, 0.4) is 0 Å². The molecule has 1 aliphatic rings. The Morgan fingerprint density at radius 1 is 1.56 bits per heavy atom. The first-order valence-corrected chi connectivity index (χ1v) is 6.18. The van der Waals surface area contributed by atoms with E-state index in [2.05, 4.69) is 9.97 Å². The SMILES string of the molecule is CC[C@@H]1C(=O)N(O)c2cnc(Cl)nc2N1C(C)C. The summed E-state index contributed by atoms with van der Waals surface area (Å²) in [4.78, 5) is 21.8. The number of rotatable bonds is 2. The number of amides is 1. The van der Waals surface area contributed by atoms with Crippen molar-refractivity contribution in [2.75, 3.05) is 9.96 Å². The van der Waals surface area contributed by atoms with Crippen molar-refractivity contribution in [3.05, 3.63) is 11.5 Å². The van der Waals surface area contributed by atoms with Gasteiger partial charge < -0.3 is 4.90 Å². The molecule has 1 aliphatic heterocycles. The maximum Gasteiger partial charge on any atom is 0.273 e. The molecule has 6 nitrogen and oxygen atoms in total. The molecule has 1 aromatic rings. The zero-order chi connectivity index (χ0) is 13.4. The topological polar surface area (TPSA) is 69.6 Å². The first-order valence-electron chi connectivity index (χ1n) is 5.81. The van der Waals surface area contributed by atoms with Crippen LogP contribution in [0, 0.1) is 0 Å². The lowest BCUT2D eigenvalue weighted by atomic mass is 10.1. The Balaban J connectivity index is 2.60. The van der Waals surface area contributed by atoms with Crippen molar-refractivity contribution in [1.29, 1.82) is 0 Å². The van der Waals surface area contributed by atoms with Crippen LogP contribution in [-0.2, 0) is 4.79 Å². The van der Waals surface area contributed by atoms with Gasteiger partial charge in [-0.15, -0.1) is 0 Å². The third kappa shape index (κ3) is 1.91. The smallest absolute Gasteiger partial charge is 0.273 e. The summed E-state index contributed by atoms with van der Waals surface area (Å²) in [6, 6.07) is -0.370. The molecule has 0 fully saturated rings. The Labute approximate surface area is 110 Å². The Hall–Kier alpha value is -1.40. The molecule has 0 bridgehead atoms. The highest BCUT2D eigenvalue weighted by Gasteiger charge is 2.39. The number of fused-ring (bicyclic) bond motifs is 1. The highest BCUT2D eigenvalue weighted by atomic mass is 35.5. The largest absolute Gasteiger partial charge is 0.340 e. The summed E-state index contributed by atoms with van der Waals surface area (Å²) < 4.78 is 0. The van der Waals surface area contributed by atoms with Gasteiger partial charge in [-0.1, -0.05) is 6.92 Å². The van der Waals surface area contributed by atoms with Gasteiger partial charge in [0.25, 0.3) is 5.91 Å². The molecule has 98 valence electrons. The highest BCUT2D eigenvalue weighted by Crippen LogP contribution is 2.35. The second-order valence-electron chi connectivity index (χ2n) is 4.42. The maximum atomic E-state index is 12.1. The minimum atomic E-state index is -0.437. The third-order valence-corrected chi connectivity index (χ3v) is 3.15. The third-order valence-electron chi connectivity index (χ3n) is 2.97. The number of carbonyl (C=O) groups excluding carboxylic acids is 1. The van der Waals surface area contributed by atoms with Gasteiger partial charge in [0.2, 0.25) is 5.28 Å². The van der Waals surface area contributed by atoms with Gasteiger partial charge in [0.05, 0.1) is 6.20 Å². The van der Waals surface area contributed by atoms with Gasteiger partial charge in [-0.2, -0.15) is 10.0 Å². The van der Waals surface area contributed by atoms with E-state index in [-0.39, 0.29) is 22.9 Å². The Morgan fingerprint density at radius 2 is 2.22 bits per heavy atom. The molecule has 2 rings (SSSR count). The molecular weight excluding hydrogens is 256 g/mol. The van der Waals surface area contributed by atoms with E-state index in [9.17, 15) is 10.0 Å². The lowest BCUT2D eigenvalue weighted by Gasteiger charge is -2.41. The monoisotopic (exact) mass is 270 g/mol. The molecule has 18 heavy (non-hydrogen) atoms. The van der Waals surface area contributed by atoms with E-state index < -0.39 is 6.04 Å². The average molecular weight is 271 g/mol. The van der Waals surface area contributed by atoms with Crippen LogP contribution in [0.1, 0.15) is 27.2 Å². The van der Waals surface area contributed by atoms with E-state index in [4.69, 9.17) is 11.6 Å². The molecule has 0 saturated heterocycles. The normalized spacial score (nSPS) is 19.4. The van der Waals surface area contributed by atoms with E-state index in [0.717, 1.165) is 0 Å². The zero-order valence-electron chi connectivity index (χ0n) is 10.5. The summed E-state index contributed by atoms with van der Waals surface area (Å²) in [5.74, 6) is 0.114. The van der Waals surface area contributed by atoms with Crippen LogP contribution < -0.4 is 9.96 Å². The minimum Gasteiger partial charge on any atom is -0.340 e. The molecule has 0 aliphatic carbocycles. The summed E-state index contributed by atoms with van der Waals surface area (Å²) in [5.41, 5.74) is 0.266. The van der Waals surface area contributed by atoms with Crippen molar-refractivity contribution >= 4 is 29.0 Å². The molecule has 0 unspecified atom stereocenters. The molecule has 0 saturated carbocycles. The van der Waals surface area contributed by atoms with Crippen molar-refractivity contribution in [2.45, 2.75) is 39.3 Å². The number of aromatic nitrogens is 2. The number of carbonyl (C=O) groups is 1. The lowest BCUT2D eigenvalue weighted by molar-refractivity contribution is -0.125. The first-order chi connectivity index (χ1) is 8.47. The van der Waals surface area contributed by atoms with Crippen LogP contribution >= 0.6 is 11.6 Å². The summed E-state index contributed by atoms with van der Waals surface area (Å²) in [5, 5.41) is 10.6. The van der Waals surface area contributed by atoms with Crippen molar-refractivity contribution in [3.63, 3.8) is 0 Å². The molecule has 0 spiro atoms. The van der Waals surface area contributed by atoms with Gasteiger partial charge in [-0.3, -0.25) is 10.0 Å². The van der Waals surface area contributed by atoms with Gasteiger partial charge in [0.1, 0.15) is 11.7 Å². The fourth-order valence-corrected chi connectivity index (χ4v) is 2.32. The van der Waals surface area contributed by atoms with Crippen molar-refractivity contribution in [1.82, 2.24) is 9.97 Å². The number of anilines is 2. The van der Waals surface area contributed by atoms with Gasteiger partial charge in [0.15, 0.2) is 5.82 Å². The first kappa shape index (κ1) is 13.0. The summed E-state index contributed by atoms with van der Waals surface area (Å²) >= 11 is 5.79. The van der Waals surface area contributed by atoms with Gasteiger partial charge in [-0.05, 0) is 31.9 Å². The quantitative estimate of drug-likeness (QED) is 0.656. The van der Waals surface area contributed by atoms with Gasteiger partial charge in [-0.25, -0.2) is 4.98 Å². The Kier molecular flexibility index (Phi) is 3.41. The average Bonchev–Trinajstić information content (AvgIpc) is 2.32. The van der Waals surface area contributed by atoms with E-state index in [1.54, 1.807) is 0 Å². The van der Waals surface area contributed by atoms with E-state index in [1.165, 1.54) is 6.20 Å². The molecule has 0 aromatic carbocycles. The number of hydrogen-bond donors (Lipinski definition) is 1. The fraction of sp³-hybridized carbons (Fsp3) is 0.545. The lowest BCUT2D eigenvalue weighted by Crippen LogP contribution is -2.55. The van der Waals surface area contributed by atoms with Gasteiger partial charge in [0, 0.05) is 6.04 Å².